The van der Waals surface area contributed by atoms with Crippen molar-refractivity contribution in [2.24, 2.45) is 5.73 Å². The summed E-state index contributed by atoms with van der Waals surface area (Å²) in [6, 6.07) is 3.69. The summed E-state index contributed by atoms with van der Waals surface area (Å²) < 4.78 is 101. The molecule has 0 saturated heterocycles. The maximum absolute atomic E-state index is 14.1. The van der Waals surface area contributed by atoms with E-state index in [4.69, 9.17) is 14.9 Å². The van der Waals surface area contributed by atoms with Gasteiger partial charge in [-0.25, -0.2) is 13.8 Å². The Labute approximate surface area is 164 Å². The number of oxazole rings is 1. The number of nitrogens with two attached hydrogens (primary N) is 1. The minimum absolute atomic E-state index is 0.000268. The second-order valence-corrected chi connectivity index (χ2v) is 8.42. The first kappa shape index (κ1) is 21.5. The average Bonchev–Trinajstić information content (AvgIpc) is 3.08. The highest BCUT2D eigenvalue weighted by atomic mass is 32.5. The fourth-order valence-corrected chi connectivity index (χ4v) is 3.05. The van der Waals surface area contributed by atoms with E-state index in [0.717, 1.165) is 30.5 Å². The number of halogens is 7. The number of nitrogens with zero attached hydrogens (tertiary/aromatic N) is 1. The Kier molecular flexibility index (Phi) is 4.58. The second kappa shape index (κ2) is 6.39. The van der Waals surface area contributed by atoms with Crippen LogP contribution in [0.15, 0.2) is 52.0 Å². The SMILES string of the molecule is NC(=O)c1c(F)ccc(OCc2nc(-c3ccc(S(F)(F)(F)(F)F)cc3)co2)c1F. The molecular formula is C17H11F7N2O3S. The van der Waals surface area contributed by atoms with Crippen LogP contribution in [-0.2, 0) is 6.61 Å². The molecule has 0 bridgehead atoms. The van der Waals surface area contributed by atoms with Crippen molar-refractivity contribution in [2.45, 2.75) is 11.5 Å². The molecule has 0 aliphatic carbocycles. The molecule has 2 N–H and O–H groups in total. The topological polar surface area (TPSA) is 78.4 Å². The number of rotatable bonds is 6. The molecule has 1 aromatic heterocycles. The molecule has 0 radical (unpaired) electrons. The molecule has 0 aliphatic rings. The van der Waals surface area contributed by atoms with Crippen LogP contribution in [0.25, 0.3) is 11.3 Å². The molecule has 30 heavy (non-hydrogen) atoms. The highest BCUT2D eigenvalue weighted by Gasteiger charge is 2.65. The summed E-state index contributed by atoms with van der Waals surface area (Å²) in [5.41, 5.74) is 3.94. The Morgan fingerprint density at radius 3 is 2.23 bits per heavy atom. The molecule has 1 heterocycles. The Bertz CT molecular complexity index is 1130. The fourth-order valence-electron chi connectivity index (χ4n) is 2.40. The van der Waals surface area contributed by atoms with Crippen molar-refractivity contribution in [1.82, 2.24) is 4.98 Å². The maximum atomic E-state index is 14.1. The first-order valence-corrected chi connectivity index (χ1v) is 9.80. The maximum Gasteiger partial charge on any atom is 0.310 e. The number of hydrogen-bond donors (Lipinski definition) is 1. The van der Waals surface area contributed by atoms with E-state index in [1.54, 1.807) is 0 Å². The lowest BCUT2D eigenvalue weighted by molar-refractivity contribution is 0.0990. The van der Waals surface area contributed by atoms with Gasteiger partial charge in [-0.3, -0.25) is 4.79 Å². The first-order valence-electron chi connectivity index (χ1n) is 7.85. The second-order valence-electron chi connectivity index (χ2n) is 6.01. The van der Waals surface area contributed by atoms with E-state index in [1.165, 1.54) is 0 Å². The predicted molar refractivity (Wildman–Crippen MR) is 92.5 cm³/mol. The van der Waals surface area contributed by atoms with Crippen LogP contribution in [0.1, 0.15) is 16.2 Å². The molecular weight excluding hydrogens is 445 g/mol. The van der Waals surface area contributed by atoms with E-state index in [0.29, 0.717) is 0 Å². The third kappa shape index (κ3) is 4.50. The zero-order valence-corrected chi connectivity index (χ0v) is 15.4. The average molecular weight is 456 g/mol. The molecule has 162 valence electrons. The largest absolute Gasteiger partial charge is 0.481 e. The molecule has 3 rings (SSSR count). The lowest BCUT2D eigenvalue weighted by Gasteiger charge is -2.40. The van der Waals surface area contributed by atoms with Gasteiger partial charge >= 0.3 is 10.2 Å². The summed E-state index contributed by atoms with van der Waals surface area (Å²) >= 11 is 0. The Balaban J connectivity index is 1.77. The van der Waals surface area contributed by atoms with Crippen molar-refractivity contribution in [3.63, 3.8) is 0 Å². The van der Waals surface area contributed by atoms with Gasteiger partial charge in [-0.05, 0) is 24.3 Å². The summed E-state index contributed by atoms with van der Waals surface area (Å²) in [5.74, 6) is -4.54. The zero-order chi connectivity index (χ0) is 22.4. The first-order chi connectivity index (χ1) is 13.7. The van der Waals surface area contributed by atoms with Gasteiger partial charge in [0.05, 0.1) is 0 Å². The van der Waals surface area contributed by atoms with E-state index in [-0.39, 0.29) is 29.3 Å². The molecule has 1 amide bonds. The Morgan fingerprint density at radius 1 is 1.03 bits per heavy atom. The number of amides is 1. The number of aromatic nitrogens is 1. The third-order valence-electron chi connectivity index (χ3n) is 3.80. The van der Waals surface area contributed by atoms with Gasteiger partial charge in [-0.2, -0.15) is 0 Å². The van der Waals surface area contributed by atoms with Crippen LogP contribution >= 0.6 is 10.2 Å². The highest BCUT2D eigenvalue weighted by Crippen LogP contribution is 3.02. The monoisotopic (exact) mass is 456 g/mol. The van der Waals surface area contributed by atoms with Crippen LogP contribution in [0.3, 0.4) is 0 Å². The zero-order valence-electron chi connectivity index (χ0n) is 14.6. The van der Waals surface area contributed by atoms with Crippen LogP contribution in [-0.4, -0.2) is 10.9 Å². The standard InChI is InChI=1S/C17H11F7N2O3S/c18-11-5-6-13(16(19)15(11)17(25)27)28-8-14-26-12(7-29-14)9-1-3-10(4-2-9)30(20,21,22,23)24/h1-7H,8H2,(H2,25,27). The van der Waals surface area contributed by atoms with Crippen molar-refractivity contribution in [3.8, 4) is 17.0 Å². The number of carbonyl (C=O) groups is 1. The van der Waals surface area contributed by atoms with Gasteiger partial charge in [-0.1, -0.05) is 31.6 Å². The molecule has 0 unspecified atom stereocenters. The smallest absolute Gasteiger partial charge is 0.310 e. The quantitative estimate of drug-likeness (QED) is 0.465. The van der Waals surface area contributed by atoms with Gasteiger partial charge in [0.25, 0.3) is 5.91 Å². The summed E-state index contributed by atoms with van der Waals surface area (Å²) in [5, 5.41) is 0. The van der Waals surface area contributed by atoms with Crippen LogP contribution in [0.2, 0.25) is 0 Å². The van der Waals surface area contributed by atoms with Gasteiger partial charge in [0.15, 0.2) is 18.2 Å². The molecule has 0 saturated carbocycles. The Morgan fingerprint density at radius 2 is 1.67 bits per heavy atom. The molecule has 0 fully saturated rings. The number of carbonyl (C=O) groups excluding carboxylic acids is 1. The van der Waals surface area contributed by atoms with E-state index >= 15 is 0 Å². The van der Waals surface area contributed by atoms with E-state index < -0.39 is 50.6 Å². The molecule has 2 aromatic carbocycles. The number of hydrogen-bond acceptors (Lipinski definition) is 4. The minimum Gasteiger partial charge on any atom is -0.481 e. The lowest BCUT2D eigenvalue weighted by atomic mass is 10.1. The van der Waals surface area contributed by atoms with Gasteiger partial charge in [-0.15, -0.1) is 0 Å². The summed E-state index contributed by atoms with van der Waals surface area (Å²) in [6.45, 7) is -0.496. The van der Waals surface area contributed by atoms with Crippen molar-refractivity contribution < 1.29 is 42.2 Å². The van der Waals surface area contributed by atoms with Gasteiger partial charge < -0.3 is 14.9 Å². The molecule has 0 spiro atoms. The van der Waals surface area contributed by atoms with E-state index in [2.05, 4.69) is 4.98 Å². The van der Waals surface area contributed by atoms with Crippen LogP contribution < -0.4 is 10.5 Å². The fraction of sp³-hybridized carbons (Fsp3) is 0.0588. The van der Waals surface area contributed by atoms with Crippen molar-refractivity contribution in [3.05, 3.63) is 65.7 Å². The van der Waals surface area contributed by atoms with Crippen molar-refractivity contribution in [1.29, 1.82) is 0 Å². The molecule has 5 nitrogen and oxygen atoms in total. The van der Waals surface area contributed by atoms with Gasteiger partial charge in [0.2, 0.25) is 5.89 Å². The number of benzene rings is 2. The number of primary amides is 1. The molecule has 0 atom stereocenters. The lowest BCUT2D eigenvalue weighted by Crippen LogP contribution is -2.16. The third-order valence-corrected chi connectivity index (χ3v) is 4.96. The van der Waals surface area contributed by atoms with Crippen LogP contribution in [0.5, 0.6) is 5.75 Å². The molecule has 13 heteroatoms. The Hall–Kier alpha value is -3.22. The van der Waals surface area contributed by atoms with Crippen LogP contribution in [0.4, 0.5) is 28.2 Å². The van der Waals surface area contributed by atoms with Crippen LogP contribution in [0, 0.1) is 11.6 Å². The van der Waals surface area contributed by atoms with Gasteiger partial charge in [0, 0.05) is 5.56 Å². The minimum atomic E-state index is -9.79. The summed E-state index contributed by atoms with van der Waals surface area (Å²) in [6.07, 6.45) is 1.02. The highest BCUT2D eigenvalue weighted by molar-refractivity contribution is 8.45. The summed E-state index contributed by atoms with van der Waals surface area (Å²) in [7, 11) is -9.79. The summed E-state index contributed by atoms with van der Waals surface area (Å²) in [4.78, 5) is 12.9. The molecule has 0 aliphatic heterocycles. The number of ether oxygens (including phenoxy) is 1. The van der Waals surface area contributed by atoms with Crippen molar-refractivity contribution in [2.75, 3.05) is 0 Å². The van der Waals surface area contributed by atoms with E-state index in [1.807, 2.05) is 0 Å². The van der Waals surface area contributed by atoms with Crippen molar-refractivity contribution >= 4 is 16.1 Å². The molecule has 3 aromatic rings. The van der Waals surface area contributed by atoms with Gasteiger partial charge in [0.1, 0.15) is 28.2 Å². The van der Waals surface area contributed by atoms with E-state index in [9.17, 15) is 33.0 Å². The predicted octanol–water partition coefficient (Wildman–Crippen LogP) is 5.96. The normalized spacial score (nSPS) is 14.1.